The van der Waals surface area contributed by atoms with Gasteiger partial charge in [0.05, 0.1) is 19.5 Å². The fourth-order valence-corrected chi connectivity index (χ4v) is 5.43. The highest BCUT2D eigenvalue weighted by Gasteiger charge is 2.56. The number of imidazole rings is 1. The zero-order valence-corrected chi connectivity index (χ0v) is 20.2. The largest absolute Gasteiger partial charge is 0.640 e. The number of rotatable bonds is 7. The third kappa shape index (κ3) is 4.36. The third-order valence-electron chi connectivity index (χ3n) is 6.33. The monoisotopic (exact) mass is 505 g/mol. The van der Waals surface area contributed by atoms with Crippen LogP contribution in [0.2, 0.25) is 0 Å². The molecule has 0 saturated carbocycles. The van der Waals surface area contributed by atoms with E-state index in [0.717, 1.165) is 16.0 Å². The van der Waals surface area contributed by atoms with Gasteiger partial charge in [-0.05, 0) is 42.3 Å². The summed E-state index contributed by atoms with van der Waals surface area (Å²) in [5.41, 5.74) is 9.06. The second-order valence-corrected chi connectivity index (χ2v) is 9.78. The van der Waals surface area contributed by atoms with Crippen molar-refractivity contribution in [2.24, 2.45) is 0 Å². The number of hydrogen-bond acceptors (Lipinski definition) is 10. The van der Waals surface area contributed by atoms with Gasteiger partial charge in [-0.25, -0.2) is 15.0 Å². The summed E-state index contributed by atoms with van der Waals surface area (Å²) < 4.78 is 25.8. The molecule has 4 atom stereocenters. The van der Waals surface area contributed by atoms with E-state index in [1.54, 1.807) is 22.7 Å². The summed E-state index contributed by atoms with van der Waals surface area (Å²) in [7, 11) is -0.896. The molecule has 2 aliphatic heterocycles. The van der Waals surface area contributed by atoms with Crippen LogP contribution >= 0.6 is 11.8 Å². The molecular weight excluding hydrogens is 481 g/mol. The molecule has 4 aromatic rings. The molecule has 4 heterocycles. The predicted molar refractivity (Wildman–Crippen MR) is 133 cm³/mol. The van der Waals surface area contributed by atoms with Crippen molar-refractivity contribution in [3.05, 3.63) is 72.3 Å². The maximum atomic E-state index is 9.87. The number of benzene rings is 2. The first-order valence-corrected chi connectivity index (χ1v) is 12.4. The van der Waals surface area contributed by atoms with E-state index in [1.165, 1.54) is 11.2 Å². The number of ether oxygens (including phenoxy) is 1. The molecule has 2 aliphatic rings. The maximum absolute atomic E-state index is 9.87. The second-order valence-electron chi connectivity index (χ2n) is 8.64. The molecule has 0 bridgehead atoms. The van der Waals surface area contributed by atoms with Gasteiger partial charge in [0.2, 0.25) is 0 Å². The number of nitrogens with two attached hydrogens (primary N) is 1. The molecule has 0 aliphatic carbocycles. The molecule has 1 unspecified atom stereocenters. The molecule has 6 rings (SSSR count). The van der Waals surface area contributed by atoms with E-state index >= 15 is 0 Å². The summed E-state index contributed by atoms with van der Waals surface area (Å²) in [4.78, 5) is 14.9. The van der Waals surface area contributed by atoms with Crippen LogP contribution in [0, 0.1) is 6.92 Å². The average molecular weight is 505 g/mol. The van der Waals surface area contributed by atoms with Crippen molar-refractivity contribution in [3.63, 3.8) is 0 Å². The molecule has 2 saturated heterocycles. The van der Waals surface area contributed by atoms with Crippen molar-refractivity contribution in [1.82, 2.24) is 19.5 Å². The van der Waals surface area contributed by atoms with Crippen LogP contribution in [0.5, 0.6) is 0 Å². The number of fused-ring (bicyclic) bond motifs is 2. The zero-order chi connectivity index (χ0) is 24.6. The number of aromatic nitrogens is 4. The van der Waals surface area contributed by atoms with Gasteiger partial charge in [0.25, 0.3) is 0 Å². The number of aryl methyl sites for hydroxylation is 1. The summed E-state index contributed by atoms with van der Waals surface area (Å²) in [5, 5.41) is 9.87. The third-order valence-corrected chi connectivity index (χ3v) is 7.33. The summed E-state index contributed by atoms with van der Waals surface area (Å²) in [6.45, 7) is 2.15. The van der Waals surface area contributed by atoms with Crippen molar-refractivity contribution < 1.29 is 23.8 Å². The van der Waals surface area contributed by atoms with Crippen LogP contribution in [0.15, 0.2) is 71.0 Å². The first-order valence-electron chi connectivity index (χ1n) is 11.5. The van der Waals surface area contributed by atoms with Gasteiger partial charge < -0.3 is 29.5 Å². The Hall–Kier alpha value is -3.00. The number of aliphatic hydroxyl groups is 1. The molecule has 12 heteroatoms. The quantitative estimate of drug-likeness (QED) is 0.362. The molecular formula is C24H24BN5O5S. The smallest absolute Gasteiger partial charge is 0.394 e. The van der Waals surface area contributed by atoms with E-state index < -0.39 is 31.9 Å². The van der Waals surface area contributed by atoms with Crippen molar-refractivity contribution in [1.29, 1.82) is 0 Å². The fraction of sp³-hybridized carbons (Fsp3) is 0.292. The number of hydrogen-bond donors (Lipinski definition) is 2. The van der Waals surface area contributed by atoms with E-state index in [-0.39, 0.29) is 12.4 Å². The molecule has 0 spiro atoms. The van der Waals surface area contributed by atoms with E-state index in [9.17, 15) is 5.11 Å². The van der Waals surface area contributed by atoms with E-state index in [1.807, 2.05) is 18.2 Å². The first-order chi connectivity index (χ1) is 17.6. The maximum Gasteiger partial charge on any atom is 0.640 e. The lowest BCUT2D eigenvalue weighted by Gasteiger charge is -2.19. The van der Waals surface area contributed by atoms with E-state index in [0.29, 0.717) is 17.8 Å². The summed E-state index contributed by atoms with van der Waals surface area (Å²) >= 11 is 1.72. The summed E-state index contributed by atoms with van der Waals surface area (Å²) in [6.07, 6.45) is 0.721. The average Bonchev–Trinajstić information content (AvgIpc) is 3.58. The Morgan fingerprint density at radius 2 is 1.92 bits per heavy atom. The van der Waals surface area contributed by atoms with Gasteiger partial charge in [0.15, 0.2) is 17.7 Å². The van der Waals surface area contributed by atoms with Crippen LogP contribution in [-0.2, 0) is 25.3 Å². The molecule has 36 heavy (non-hydrogen) atoms. The highest BCUT2D eigenvalue weighted by Crippen LogP contribution is 2.40. The summed E-state index contributed by atoms with van der Waals surface area (Å²) in [6, 6.07) is 16.5. The molecule has 2 fully saturated rings. The Balaban J connectivity index is 1.14. The highest BCUT2D eigenvalue weighted by molar-refractivity contribution is 7.99. The van der Waals surface area contributed by atoms with Crippen LogP contribution in [0.25, 0.3) is 11.2 Å². The molecule has 2 aromatic heterocycles. The van der Waals surface area contributed by atoms with Crippen molar-refractivity contribution in [2.75, 3.05) is 12.3 Å². The van der Waals surface area contributed by atoms with Crippen molar-refractivity contribution in [3.8, 4) is 0 Å². The van der Waals surface area contributed by atoms with Gasteiger partial charge in [-0.3, -0.25) is 4.57 Å². The van der Waals surface area contributed by atoms with E-state index in [2.05, 4.69) is 52.2 Å². The van der Waals surface area contributed by atoms with Crippen LogP contribution < -0.4 is 5.73 Å². The Morgan fingerprint density at radius 1 is 1.08 bits per heavy atom. The van der Waals surface area contributed by atoms with E-state index in [4.69, 9.17) is 24.4 Å². The molecule has 184 valence electrons. The second kappa shape index (κ2) is 9.81. The SMILES string of the molecule is Cc1cc(Sc2ccccc2)ccc1COB1OC2[C@@H](CO)O[C@@H](n3cnc4c(N)ncnc43)[C@H]2O1. The fourth-order valence-electron chi connectivity index (χ4n) is 4.49. The Morgan fingerprint density at radius 3 is 2.72 bits per heavy atom. The lowest BCUT2D eigenvalue weighted by atomic mass is 10.1. The number of nitrogens with zero attached hydrogens (tertiary/aromatic N) is 4. The Labute approximate surface area is 211 Å². The van der Waals surface area contributed by atoms with Crippen LogP contribution in [0.3, 0.4) is 0 Å². The van der Waals surface area contributed by atoms with Gasteiger partial charge in [-0.2, -0.15) is 0 Å². The lowest BCUT2D eigenvalue weighted by molar-refractivity contribution is -0.0652. The van der Waals surface area contributed by atoms with Crippen LogP contribution in [-0.4, -0.2) is 56.9 Å². The van der Waals surface area contributed by atoms with Gasteiger partial charge >= 0.3 is 7.32 Å². The topological polar surface area (TPSA) is 127 Å². The lowest BCUT2D eigenvalue weighted by Crippen LogP contribution is -2.31. The summed E-state index contributed by atoms with van der Waals surface area (Å²) in [5.74, 6) is 0.278. The highest BCUT2D eigenvalue weighted by atomic mass is 32.2. The Bertz CT molecular complexity index is 1380. The van der Waals surface area contributed by atoms with Gasteiger partial charge in [-0.1, -0.05) is 36.0 Å². The standard InChI is InChI=1S/C24H24BN5O5S/c1-14-9-17(36-16-5-3-2-4-6-16)8-7-15(14)11-32-25-34-20-18(10-31)33-24(21(20)35-25)30-13-29-19-22(26)27-12-28-23(19)30/h2-9,12-13,18,20-21,24,31H,10-11H2,1H3,(H2,26,27,28)/t18-,20?,21+,24-/m1/s1. The molecule has 2 aromatic carbocycles. The minimum Gasteiger partial charge on any atom is -0.394 e. The normalized spacial score (nSPS) is 23.4. The first kappa shape index (κ1) is 23.4. The van der Waals surface area contributed by atoms with Gasteiger partial charge in [0, 0.05) is 9.79 Å². The minimum atomic E-state index is -0.896. The van der Waals surface area contributed by atoms with Crippen LogP contribution in [0.1, 0.15) is 17.4 Å². The minimum absolute atomic E-state index is 0.225. The molecule has 0 radical (unpaired) electrons. The predicted octanol–water partition coefficient (Wildman–Crippen LogP) is 2.74. The van der Waals surface area contributed by atoms with Gasteiger partial charge in [-0.15, -0.1) is 0 Å². The zero-order valence-electron chi connectivity index (χ0n) is 19.4. The number of nitrogen functional groups attached to an aromatic ring is 1. The molecule has 10 nitrogen and oxygen atoms in total. The van der Waals surface area contributed by atoms with Crippen molar-refractivity contribution >= 4 is 36.1 Å². The van der Waals surface area contributed by atoms with Crippen LogP contribution in [0.4, 0.5) is 5.82 Å². The molecule has 3 N–H and O–H groups in total. The number of anilines is 1. The Kier molecular flexibility index (Phi) is 6.38. The van der Waals surface area contributed by atoms with Gasteiger partial charge in [0.1, 0.15) is 30.2 Å². The molecule has 0 amide bonds. The van der Waals surface area contributed by atoms with Crippen molar-refractivity contribution in [2.45, 2.75) is 47.9 Å². The number of aliphatic hydroxyl groups excluding tert-OH is 1.